The van der Waals surface area contributed by atoms with E-state index in [2.05, 4.69) is 22.5 Å². The molecule has 3 aromatic rings. The minimum absolute atomic E-state index is 0. The molecule has 0 aliphatic carbocycles. The number of nitro groups is 1. The SMILES string of the molecule is [CH2-]OC(Cn1nc(-c2cccnc2)cc1Nc1cc([N+](=O)[O-])c(C)cc1Cl)OCC.[V]. The monoisotopic (exact) mass is 481 g/mol. The fraction of sp³-hybridized carbons (Fsp3) is 0.250. The second kappa shape index (κ2) is 11.3. The summed E-state index contributed by atoms with van der Waals surface area (Å²) in [5.74, 6) is 0.552. The number of aromatic nitrogens is 3. The van der Waals surface area contributed by atoms with Gasteiger partial charge in [-0.15, -0.1) is 0 Å². The van der Waals surface area contributed by atoms with Gasteiger partial charge in [0.2, 0.25) is 0 Å². The molecule has 2 heterocycles. The molecule has 0 spiro atoms. The average Bonchev–Trinajstić information content (AvgIpc) is 3.12. The number of halogens is 1. The summed E-state index contributed by atoms with van der Waals surface area (Å²) in [6.45, 7) is 4.17. The van der Waals surface area contributed by atoms with Crippen LogP contribution in [0.25, 0.3) is 11.3 Å². The standard InChI is InChI=1S/C20H21ClN5O4.V/c1-4-30-20(29-3)12-25-19(10-16(24-25)14-6-5-7-22-11-14)23-17-9-18(26(27)28)13(2)8-15(17)21;/h5-11,20,23H,3-4,12H2,1-2H3;/q-1;. The summed E-state index contributed by atoms with van der Waals surface area (Å²) in [6.07, 6.45) is 2.74. The van der Waals surface area contributed by atoms with Crippen molar-refractivity contribution in [1.82, 2.24) is 14.8 Å². The molecule has 0 fully saturated rings. The molecule has 0 bridgehead atoms. The Balaban J connectivity index is 0.00000341. The topological polar surface area (TPSA) is 104 Å². The molecule has 163 valence electrons. The number of nitrogens with zero attached hydrogens (tertiary/aromatic N) is 4. The Kier molecular flexibility index (Phi) is 9.03. The third-order valence-electron chi connectivity index (χ3n) is 4.34. The Morgan fingerprint density at radius 2 is 2.16 bits per heavy atom. The number of benzene rings is 1. The molecule has 0 amide bonds. The van der Waals surface area contributed by atoms with E-state index in [9.17, 15) is 10.1 Å². The number of nitrogens with one attached hydrogen (secondary N) is 1. The van der Waals surface area contributed by atoms with Crippen molar-refractivity contribution >= 4 is 28.8 Å². The zero-order valence-corrected chi connectivity index (χ0v) is 19.1. The van der Waals surface area contributed by atoms with Crippen molar-refractivity contribution in [2.24, 2.45) is 0 Å². The zero-order valence-electron chi connectivity index (χ0n) is 17.0. The number of aryl methyl sites for hydroxylation is 1. The first-order valence-electron chi connectivity index (χ1n) is 9.15. The van der Waals surface area contributed by atoms with Crippen LogP contribution in [0.15, 0.2) is 42.7 Å². The van der Waals surface area contributed by atoms with Crippen molar-refractivity contribution in [3.8, 4) is 11.3 Å². The van der Waals surface area contributed by atoms with Crippen LogP contribution in [0.5, 0.6) is 0 Å². The molecule has 1 aromatic carbocycles. The second-order valence-corrected chi connectivity index (χ2v) is 6.80. The molecule has 1 unspecified atom stereocenters. The van der Waals surface area contributed by atoms with Gasteiger partial charge in [-0.1, -0.05) is 11.6 Å². The fourth-order valence-electron chi connectivity index (χ4n) is 2.88. The maximum absolute atomic E-state index is 11.3. The quantitative estimate of drug-likeness (QED) is 0.204. The van der Waals surface area contributed by atoms with E-state index in [1.807, 2.05) is 19.1 Å². The van der Waals surface area contributed by atoms with E-state index in [-0.39, 0.29) is 30.8 Å². The molecule has 31 heavy (non-hydrogen) atoms. The maximum Gasteiger partial charge on any atom is 0.274 e. The van der Waals surface area contributed by atoms with Gasteiger partial charge in [-0.25, -0.2) is 11.8 Å². The van der Waals surface area contributed by atoms with Gasteiger partial charge >= 0.3 is 0 Å². The predicted octanol–water partition coefficient (Wildman–Crippen LogP) is 4.73. The summed E-state index contributed by atoms with van der Waals surface area (Å²) in [5.41, 5.74) is 2.29. The molecule has 1 atom stereocenters. The summed E-state index contributed by atoms with van der Waals surface area (Å²) in [5, 5.41) is 19.4. The van der Waals surface area contributed by atoms with E-state index in [0.717, 1.165) is 5.56 Å². The van der Waals surface area contributed by atoms with Gasteiger partial charge in [-0.2, -0.15) is 5.10 Å². The van der Waals surface area contributed by atoms with Gasteiger partial charge < -0.3 is 14.8 Å². The summed E-state index contributed by atoms with van der Waals surface area (Å²) < 4.78 is 12.3. The van der Waals surface area contributed by atoms with Crippen LogP contribution in [-0.4, -0.2) is 32.6 Å². The Labute approximate surface area is 196 Å². The number of hydrogen-bond donors (Lipinski definition) is 1. The van der Waals surface area contributed by atoms with Gasteiger partial charge in [-0.05, 0) is 32.0 Å². The van der Waals surface area contributed by atoms with E-state index >= 15 is 0 Å². The number of ether oxygens (including phenoxy) is 2. The number of pyridine rings is 1. The molecule has 0 aliphatic heterocycles. The Bertz CT molecular complexity index is 1030. The van der Waals surface area contributed by atoms with Gasteiger partial charge in [0.05, 0.1) is 27.9 Å². The maximum atomic E-state index is 11.3. The Morgan fingerprint density at radius 1 is 1.39 bits per heavy atom. The summed E-state index contributed by atoms with van der Waals surface area (Å²) in [7, 11) is 3.44. The molecule has 2 aromatic heterocycles. The fourth-order valence-corrected chi connectivity index (χ4v) is 3.15. The van der Waals surface area contributed by atoms with Crippen molar-refractivity contribution in [2.45, 2.75) is 26.7 Å². The first-order chi connectivity index (χ1) is 14.4. The van der Waals surface area contributed by atoms with Crippen LogP contribution in [0.3, 0.4) is 0 Å². The minimum atomic E-state index is -0.625. The molecule has 0 saturated carbocycles. The van der Waals surface area contributed by atoms with Crippen molar-refractivity contribution in [1.29, 1.82) is 0 Å². The van der Waals surface area contributed by atoms with Crippen molar-refractivity contribution in [2.75, 3.05) is 11.9 Å². The van der Waals surface area contributed by atoms with E-state index in [1.54, 1.807) is 36.1 Å². The zero-order chi connectivity index (χ0) is 21.7. The smallest absolute Gasteiger partial charge is 0.274 e. The van der Waals surface area contributed by atoms with E-state index in [4.69, 9.17) is 21.1 Å². The molecule has 0 aliphatic rings. The van der Waals surface area contributed by atoms with Crippen LogP contribution in [0.4, 0.5) is 17.2 Å². The molecular weight excluding hydrogens is 461 g/mol. The van der Waals surface area contributed by atoms with Gasteiger partial charge in [0.15, 0.2) is 0 Å². The number of anilines is 2. The Hall–Kier alpha value is -2.43. The van der Waals surface area contributed by atoms with Gasteiger partial charge in [-0.3, -0.25) is 15.1 Å². The molecule has 1 radical (unpaired) electrons. The summed E-state index contributed by atoms with van der Waals surface area (Å²) in [4.78, 5) is 15.0. The molecule has 3 rings (SSSR count). The van der Waals surface area contributed by atoms with Crippen molar-refractivity contribution in [3.05, 3.63) is 70.5 Å². The number of rotatable bonds is 9. The first kappa shape index (κ1) is 24.8. The van der Waals surface area contributed by atoms with Crippen LogP contribution >= 0.6 is 11.6 Å². The number of nitro benzene ring substituents is 1. The molecule has 0 saturated heterocycles. The first-order valence-corrected chi connectivity index (χ1v) is 9.53. The van der Waals surface area contributed by atoms with Crippen molar-refractivity contribution < 1.29 is 33.0 Å². The van der Waals surface area contributed by atoms with E-state index < -0.39 is 11.2 Å². The van der Waals surface area contributed by atoms with Gasteiger partial charge in [0.25, 0.3) is 5.69 Å². The van der Waals surface area contributed by atoms with E-state index in [1.165, 1.54) is 6.07 Å². The van der Waals surface area contributed by atoms with Crippen LogP contribution in [-0.2, 0) is 34.6 Å². The Morgan fingerprint density at radius 3 is 2.77 bits per heavy atom. The third kappa shape index (κ3) is 6.06. The largest absolute Gasteiger partial charge is 0.531 e. The van der Waals surface area contributed by atoms with Crippen LogP contribution in [0.1, 0.15) is 12.5 Å². The summed E-state index contributed by atoms with van der Waals surface area (Å²) in [6, 6.07) is 8.43. The summed E-state index contributed by atoms with van der Waals surface area (Å²) >= 11 is 6.33. The molecule has 11 heteroatoms. The minimum Gasteiger partial charge on any atom is -0.531 e. The molecule has 9 nitrogen and oxygen atoms in total. The van der Waals surface area contributed by atoms with Crippen molar-refractivity contribution in [3.63, 3.8) is 0 Å². The van der Waals surface area contributed by atoms with Crippen LogP contribution in [0.2, 0.25) is 5.02 Å². The van der Waals surface area contributed by atoms with Gasteiger partial charge in [0.1, 0.15) is 12.1 Å². The normalized spacial score (nSPS) is 11.6. The van der Waals surface area contributed by atoms with Crippen LogP contribution < -0.4 is 5.32 Å². The van der Waals surface area contributed by atoms with Gasteiger partial charge in [0, 0.05) is 60.8 Å². The second-order valence-electron chi connectivity index (χ2n) is 6.39. The molecule has 1 N–H and O–H groups in total. The van der Waals surface area contributed by atoms with E-state index in [0.29, 0.717) is 34.4 Å². The molecular formula is C20H21ClN5O4V-. The van der Waals surface area contributed by atoms with Crippen LogP contribution in [0, 0.1) is 24.1 Å². The predicted molar refractivity (Wildman–Crippen MR) is 113 cm³/mol. The average molecular weight is 482 g/mol. The third-order valence-corrected chi connectivity index (χ3v) is 4.66. The number of hydrogen-bond acceptors (Lipinski definition) is 7.